The average Bonchev–Trinajstić information content (AvgIpc) is 2.62. The summed E-state index contributed by atoms with van der Waals surface area (Å²) in [5.41, 5.74) is 16.1. The third-order valence-corrected chi connectivity index (χ3v) is 3.57. The highest BCUT2D eigenvalue weighted by molar-refractivity contribution is 5.95. The molecule has 11 N–H and O–H groups in total. The van der Waals surface area contributed by atoms with Crippen LogP contribution in [0.4, 0.5) is 0 Å². The molecule has 0 saturated heterocycles. The van der Waals surface area contributed by atoms with Crippen molar-refractivity contribution in [1.82, 2.24) is 16.0 Å². The van der Waals surface area contributed by atoms with E-state index in [9.17, 15) is 29.1 Å². The van der Waals surface area contributed by atoms with Crippen molar-refractivity contribution < 1.29 is 34.2 Å². The van der Waals surface area contributed by atoms with Gasteiger partial charge in [0, 0.05) is 0 Å². The number of nitrogens with two attached hydrogens (primary N) is 3. The molecule has 0 heterocycles. The van der Waals surface area contributed by atoms with Crippen LogP contribution in [0.5, 0.6) is 0 Å². The van der Waals surface area contributed by atoms with E-state index in [1.54, 1.807) is 0 Å². The molecule has 0 aromatic carbocycles. The maximum Gasteiger partial charge on any atom is 0.322 e. The Labute approximate surface area is 161 Å². The first kappa shape index (κ1) is 25.2. The lowest BCUT2D eigenvalue weighted by molar-refractivity contribution is -0.139. The highest BCUT2D eigenvalue weighted by atomic mass is 16.4. The number of amides is 4. The molecule has 0 rings (SSSR count). The van der Waals surface area contributed by atoms with Crippen molar-refractivity contribution in [2.45, 2.75) is 43.8 Å². The zero-order valence-corrected chi connectivity index (χ0v) is 15.3. The summed E-state index contributed by atoms with van der Waals surface area (Å²) >= 11 is 0. The second-order valence-electron chi connectivity index (χ2n) is 5.98. The summed E-state index contributed by atoms with van der Waals surface area (Å²) in [4.78, 5) is 57.8. The van der Waals surface area contributed by atoms with Gasteiger partial charge < -0.3 is 43.4 Å². The molecule has 0 radical (unpaired) electrons. The second-order valence-corrected chi connectivity index (χ2v) is 5.98. The Morgan fingerprint density at radius 3 is 2.04 bits per heavy atom. The van der Waals surface area contributed by atoms with Gasteiger partial charge in [0.15, 0.2) is 0 Å². The molecule has 4 amide bonds. The van der Waals surface area contributed by atoms with Gasteiger partial charge in [-0.05, 0) is 19.4 Å². The molecule has 0 aliphatic carbocycles. The minimum atomic E-state index is -1.48. The van der Waals surface area contributed by atoms with Gasteiger partial charge in [0.1, 0.15) is 18.6 Å². The molecule has 0 aliphatic heterocycles. The Morgan fingerprint density at radius 2 is 1.54 bits per heavy atom. The number of aliphatic carboxylic acids is 1. The molecule has 160 valence electrons. The SMILES string of the molecule is NCCCCC(N)C(=O)NC(CO)C(=O)NC(CC(N)=O)C(=O)NCC(=O)O. The summed E-state index contributed by atoms with van der Waals surface area (Å²) in [6, 6.07) is -3.84. The number of nitrogens with one attached hydrogen (secondary N) is 3. The highest BCUT2D eigenvalue weighted by Gasteiger charge is 2.28. The summed E-state index contributed by atoms with van der Waals surface area (Å²) in [5.74, 6) is -4.88. The molecule has 0 fully saturated rings. The fourth-order valence-corrected chi connectivity index (χ4v) is 2.08. The number of hydrogen-bond acceptors (Lipinski definition) is 8. The van der Waals surface area contributed by atoms with Crippen molar-refractivity contribution in [3.63, 3.8) is 0 Å². The first-order valence-corrected chi connectivity index (χ1v) is 8.57. The Kier molecular flexibility index (Phi) is 12.1. The topological polar surface area (TPSA) is 240 Å². The number of carbonyl (C=O) groups is 5. The molecule has 13 heteroatoms. The van der Waals surface area contributed by atoms with Crippen LogP contribution in [0, 0.1) is 0 Å². The Bertz CT molecular complexity index is 571. The number of carboxylic acids is 1. The van der Waals surface area contributed by atoms with Crippen LogP contribution in [0.2, 0.25) is 0 Å². The molecule has 0 spiro atoms. The smallest absolute Gasteiger partial charge is 0.322 e. The van der Waals surface area contributed by atoms with E-state index in [0.717, 1.165) is 0 Å². The number of carbonyl (C=O) groups excluding carboxylic acids is 4. The lowest BCUT2D eigenvalue weighted by Crippen LogP contribution is -2.57. The number of rotatable bonds is 14. The molecule has 0 saturated carbocycles. The molecule has 0 aliphatic rings. The first-order valence-electron chi connectivity index (χ1n) is 8.57. The van der Waals surface area contributed by atoms with Crippen LogP contribution in [0.3, 0.4) is 0 Å². The standard InChI is InChI=1S/C15H28N6O7/c16-4-2-1-3-8(17)13(26)21-10(7-22)15(28)20-9(5-11(18)23)14(27)19-6-12(24)25/h8-10,22H,1-7,16-17H2,(H2,18,23)(H,19,27)(H,20,28)(H,21,26)(H,24,25). The molecule has 28 heavy (non-hydrogen) atoms. The predicted molar refractivity (Wildman–Crippen MR) is 96.3 cm³/mol. The van der Waals surface area contributed by atoms with Crippen LogP contribution in [-0.2, 0) is 24.0 Å². The summed E-state index contributed by atoms with van der Waals surface area (Å²) in [5, 5.41) is 24.3. The van der Waals surface area contributed by atoms with Gasteiger partial charge in [0.2, 0.25) is 23.6 Å². The molecule has 0 bridgehead atoms. The Morgan fingerprint density at radius 1 is 0.929 bits per heavy atom. The normalized spacial score (nSPS) is 13.7. The van der Waals surface area contributed by atoms with Gasteiger partial charge in [-0.15, -0.1) is 0 Å². The maximum absolute atomic E-state index is 12.2. The Balaban J connectivity index is 4.89. The van der Waals surface area contributed by atoms with Crippen molar-refractivity contribution in [3.8, 4) is 0 Å². The summed E-state index contributed by atoms with van der Waals surface area (Å²) in [6.07, 6.45) is 0.989. The lowest BCUT2D eigenvalue weighted by Gasteiger charge is -2.22. The number of primary amides is 1. The van der Waals surface area contributed by atoms with Crippen molar-refractivity contribution in [2.24, 2.45) is 17.2 Å². The quantitative estimate of drug-likeness (QED) is 0.130. The number of aliphatic hydroxyl groups is 1. The lowest BCUT2D eigenvalue weighted by atomic mass is 10.1. The third kappa shape index (κ3) is 10.4. The van der Waals surface area contributed by atoms with Crippen molar-refractivity contribution in [2.75, 3.05) is 19.7 Å². The van der Waals surface area contributed by atoms with Gasteiger partial charge in [-0.2, -0.15) is 0 Å². The van der Waals surface area contributed by atoms with Crippen LogP contribution in [-0.4, -0.2) is 77.6 Å². The number of unbranched alkanes of at least 4 members (excludes halogenated alkanes) is 1. The zero-order chi connectivity index (χ0) is 21.7. The predicted octanol–water partition coefficient (Wildman–Crippen LogP) is -4.52. The fourth-order valence-electron chi connectivity index (χ4n) is 2.08. The van der Waals surface area contributed by atoms with Crippen molar-refractivity contribution in [1.29, 1.82) is 0 Å². The zero-order valence-electron chi connectivity index (χ0n) is 15.3. The van der Waals surface area contributed by atoms with Gasteiger partial charge in [0.05, 0.1) is 19.1 Å². The van der Waals surface area contributed by atoms with Crippen molar-refractivity contribution >= 4 is 29.6 Å². The van der Waals surface area contributed by atoms with E-state index in [1.165, 1.54) is 0 Å². The van der Waals surface area contributed by atoms with Gasteiger partial charge >= 0.3 is 5.97 Å². The molecule has 3 atom stereocenters. The van der Waals surface area contributed by atoms with Crippen LogP contribution in [0.15, 0.2) is 0 Å². The van der Waals surface area contributed by atoms with Crippen molar-refractivity contribution in [3.05, 3.63) is 0 Å². The second kappa shape index (κ2) is 13.4. The van der Waals surface area contributed by atoms with Crippen LogP contribution < -0.4 is 33.2 Å². The van der Waals surface area contributed by atoms with E-state index in [1.807, 2.05) is 5.32 Å². The number of carboxylic acid groups (broad SMARTS) is 1. The minimum absolute atomic E-state index is 0.324. The summed E-state index contributed by atoms with van der Waals surface area (Å²) in [7, 11) is 0. The van der Waals surface area contributed by atoms with E-state index < -0.39 is 67.3 Å². The van der Waals surface area contributed by atoms with Crippen LogP contribution in [0.25, 0.3) is 0 Å². The van der Waals surface area contributed by atoms with E-state index in [-0.39, 0.29) is 0 Å². The summed E-state index contributed by atoms with van der Waals surface area (Å²) < 4.78 is 0. The molecule has 13 nitrogen and oxygen atoms in total. The van der Waals surface area contributed by atoms with E-state index in [0.29, 0.717) is 25.8 Å². The largest absolute Gasteiger partial charge is 0.480 e. The average molecular weight is 404 g/mol. The fraction of sp³-hybridized carbons (Fsp3) is 0.667. The number of hydrogen-bond donors (Lipinski definition) is 8. The van der Waals surface area contributed by atoms with Crippen LogP contribution >= 0.6 is 0 Å². The molecule has 0 aromatic rings. The highest BCUT2D eigenvalue weighted by Crippen LogP contribution is 2.00. The molecular weight excluding hydrogens is 376 g/mol. The molecule has 3 unspecified atom stereocenters. The number of aliphatic hydroxyl groups excluding tert-OH is 1. The van der Waals surface area contributed by atoms with Gasteiger partial charge in [-0.25, -0.2) is 0 Å². The van der Waals surface area contributed by atoms with E-state index in [4.69, 9.17) is 22.3 Å². The van der Waals surface area contributed by atoms with E-state index >= 15 is 0 Å². The first-order chi connectivity index (χ1) is 13.1. The monoisotopic (exact) mass is 404 g/mol. The maximum atomic E-state index is 12.2. The van der Waals surface area contributed by atoms with Gasteiger partial charge in [-0.1, -0.05) is 6.42 Å². The third-order valence-electron chi connectivity index (χ3n) is 3.57. The minimum Gasteiger partial charge on any atom is -0.480 e. The van der Waals surface area contributed by atoms with Gasteiger partial charge in [0.25, 0.3) is 0 Å². The molecular formula is C15H28N6O7. The van der Waals surface area contributed by atoms with Crippen LogP contribution in [0.1, 0.15) is 25.7 Å². The molecule has 0 aromatic heterocycles. The van der Waals surface area contributed by atoms with E-state index in [2.05, 4.69) is 10.6 Å². The Hall–Kier alpha value is -2.77. The summed E-state index contributed by atoms with van der Waals surface area (Å²) in [6.45, 7) is -1.09. The van der Waals surface area contributed by atoms with Gasteiger partial charge in [-0.3, -0.25) is 24.0 Å².